The van der Waals surface area contributed by atoms with Gasteiger partial charge >= 0.3 is 0 Å². The lowest BCUT2D eigenvalue weighted by Crippen LogP contribution is -2.24. The molecular weight excluding hydrogens is 426 g/mol. The van der Waals surface area contributed by atoms with Crippen LogP contribution in [0.1, 0.15) is 63.9 Å². The molecule has 34 heavy (non-hydrogen) atoms. The van der Waals surface area contributed by atoms with Crippen LogP contribution in [0.25, 0.3) is 0 Å². The predicted molar refractivity (Wildman–Crippen MR) is 134 cm³/mol. The fourth-order valence-electron chi connectivity index (χ4n) is 5.07. The third-order valence-corrected chi connectivity index (χ3v) is 7.33. The Morgan fingerprint density at radius 3 is 2.74 bits per heavy atom. The molecule has 5 heteroatoms. The van der Waals surface area contributed by atoms with Crippen LogP contribution in [0.15, 0.2) is 59.4 Å². The number of nitrogens with zero attached hydrogens (tertiary/aromatic N) is 1. The van der Waals surface area contributed by atoms with Crippen molar-refractivity contribution < 1.29 is 18.9 Å². The number of allylic oxidation sites excluding steroid dienone is 6. The van der Waals surface area contributed by atoms with Gasteiger partial charge in [-0.25, -0.2) is 0 Å². The van der Waals surface area contributed by atoms with E-state index in [1.165, 1.54) is 11.1 Å². The van der Waals surface area contributed by atoms with E-state index < -0.39 is 0 Å². The molecule has 0 spiro atoms. The molecule has 2 aliphatic carbocycles. The molecule has 4 atom stereocenters. The van der Waals surface area contributed by atoms with E-state index in [4.69, 9.17) is 23.9 Å². The van der Waals surface area contributed by atoms with E-state index in [-0.39, 0.29) is 12.9 Å². The average molecular weight is 466 g/mol. The maximum atomic E-state index is 6.28. The number of methoxy groups -OCH3 is 1. The Hall–Kier alpha value is -2.37. The summed E-state index contributed by atoms with van der Waals surface area (Å²) in [6.45, 7) is 8.46. The molecule has 0 amide bonds. The van der Waals surface area contributed by atoms with Crippen molar-refractivity contribution in [3.05, 3.63) is 70.8 Å². The van der Waals surface area contributed by atoms with Crippen LogP contribution in [0, 0.1) is 17.8 Å². The molecule has 0 saturated carbocycles. The van der Waals surface area contributed by atoms with Gasteiger partial charge in [0.15, 0.2) is 6.79 Å². The highest BCUT2D eigenvalue weighted by Crippen LogP contribution is 2.38. The molecule has 1 aromatic heterocycles. The van der Waals surface area contributed by atoms with Crippen molar-refractivity contribution >= 4 is 0 Å². The Balaban J connectivity index is 1.47. The van der Waals surface area contributed by atoms with Crippen molar-refractivity contribution in [2.24, 2.45) is 17.8 Å². The molecule has 184 valence electrons. The molecular formula is C29H39NO4. The molecule has 0 bridgehead atoms. The van der Waals surface area contributed by atoms with Crippen LogP contribution in [-0.4, -0.2) is 32.1 Å². The molecule has 0 radical (unpaired) electrons. The number of ether oxygens (including phenoxy) is 4. The molecule has 0 N–H and O–H groups in total. The van der Waals surface area contributed by atoms with Gasteiger partial charge in [-0.1, -0.05) is 36.8 Å². The van der Waals surface area contributed by atoms with Gasteiger partial charge in [0.1, 0.15) is 23.3 Å². The van der Waals surface area contributed by atoms with Crippen molar-refractivity contribution in [1.82, 2.24) is 4.98 Å². The Labute approximate surface area is 204 Å². The molecule has 3 aliphatic rings. The highest BCUT2D eigenvalue weighted by molar-refractivity contribution is 5.35. The summed E-state index contributed by atoms with van der Waals surface area (Å²) in [6, 6.07) is 4.12. The van der Waals surface area contributed by atoms with E-state index in [0.717, 1.165) is 68.2 Å². The topological polar surface area (TPSA) is 49.8 Å². The Kier molecular flexibility index (Phi) is 8.63. The van der Waals surface area contributed by atoms with Gasteiger partial charge in [0.2, 0.25) is 0 Å². The summed E-state index contributed by atoms with van der Waals surface area (Å²) in [5.41, 5.74) is 4.66. The minimum absolute atomic E-state index is 0.00806. The van der Waals surface area contributed by atoms with Crippen LogP contribution < -0.4 is 4.74 Å². The fourth-order valence-corrected chi connectivity index (χ4v) is 5.07. The van der Waals surface area contributed by atoms with E-state index in [2.05, 4.69) is 57.2 Å². The minimum atomic E-state index is -0.00806. The average Bonchev–Trinajstić information content (AvgIpc) is 2.88. The normalized spacial score (nSPS) is 27.0. The van der Waals surface area contributed by atoms with E-state index in [0.29, 0.717) is 17.8 Å². The second-order valence-corrected chi connectivity index (χ2v) is 9.75. The number of hydrogen-bond acceptors (Lipinski definition) is 5. The van der Waals surface area contributed by atoms with Crippen LogP contribution in [0.4, 0.5) is 0 Å². The minimum Gasteiger partial charge on any atom is -0.493 e. The largest absolute Gasteiger partial charge is 0.493 e. The fraction of sp³-hybridized carbons (Fsp3) is 0.552. The van der Waals surface area contributed by atoms with Crippen molar-refractivity contribution in [1.29, 1.82) is 0 Å². The molecule has 2 heterocycles. The van der Waals surface area contributed by atoms with Crippen LogP contribution in [-0.2, 0) is 20.6 Å². The SMILES string of the molecule is COCOc1ccc(CC2C(C)=CC(OCC3C=CC=CC3)=C(C)C2C)nc1C1CCCCO1. The third kappa shape index (κ3) is 6.00. The molecule has 4 rings (SSSR count). The van der Waals surface area contributed by atoms with Crippen molar-refractivity contribution in [3.63, 3.8) is 0 Å². The number of rotatable bonds is 9. The lowest BCUT2D eigenvalue weighted by Gasteiger charge is -2.32. The highest BCUT2D eigenvalue weighted by atomic mass is 16.7. The lowest BCUT2D eigenvalue weighted by atomic mass is 9.76. The summed E-state index contributed by atoms with van der Waals surface area (Å²) in [5.74, 6) is 3.04. The summed E-state index contributed by atoms with van der Waals surface area (Å²) in [7, 11) is 1.63. The number of hydrogen-bond donors (Lipinski definition) is 0. The van der Waals surface area contributed by atoms with Crippen LogP contribution in [0.5, 0.6) is 5.75 Å². The second kappa shape index (κ2) is 11.9. The van der Waals surface area contributed by atoms with E-state index in [1.54, 1.807) is 7.11 Å². The summed E-state index contributed by atoms with van der Waals surface area (Å²) in [5, 5.41) is 0. The van der Waals surface area contributed by atoms with Gasteiger partial charge in [0, 0.05) is 25.3 Å². The molecule has 5 nitrogen and oxygen atoms in total. The zero-order valence-corrected chi connectivity index (χ0v) is 21.1. The Morgan fingerprint density at radius 1 is 1.12 bits per heavy atom. The summed E-state index contributed by atoms with van der Waals surface area (Å²) < 4.78 is 23.3. The quantitative estimate of drug-likeness (QED) is 0.391. The Morgan fingerprint density at radius 2 is 2.00 bits per heavy atom. The van der Waals surface area contributed by atoms with Gasteiger partial charge in [-0.3, -0.25) is 4.98 Å². The second-order valence-electron chi connectivity index (χ2n) is 9.75. The van der Waals surface area contributed by atoms with E-state index in [9.17, 15) is 0 Å². The lowest BCUT2D eigenvalue weighted by molar-refractivity contribution is 0.00534. The Bertz CT molecular complexity index is 955. The number of aromatic nitrogens is 1. The third-order valence-electron chi connectivity index (χ3n) is 7.33. The smallest absolute Gasteiger partial charge is 0.188 e. The zero-order valence-electron chi connectivity index (χ0n) is 21.1. The molecule has 4 unspecified atom stereocenters. The van der Waals surface area contributed by atoms with Crippen LogP contribution >= 0.6 is 0 Å². The summed E-state index contributed by atoms with van der Waals surface area (Å²) >= 11 is 0. The van der Waals surface area contributed by atoms with E-state index >= 15 is 0 Å². The van der Waals surface area contributed by atoms with Crippen molar-refractivity contribution in [3.8, 4) is 5.75 Å². The standard InChI is InChI=1S/C29H39NO4/c1-20-16-28(33-18-23-10-6-5-7-11-23)22(3)21(2)25(20)17-24-13-14-27(34-19-31-4)29(30-24)26-12-8-9-15-32-26/h5-7,10,13-14,16,21,23,25-26H,8-9,11-12,15,17-19H2,1-4H3. The highest BCUT2D eigenvalue weighted by Gasteiger charge is 2.29. The summed E-state index contributed by atoms with van der Waals surface area (Å²) in [6.07, 6.45) is 16.1. The molecule has 1 saturated heterocycles. The molecule has 1 fully saturated rings. The van der Waals surface area contributed by atoms with Gasteiger partial charge in [-0.15, -0.1) is 0 Å². The predicted octanol–water partition coefficient (Wildman–Crippen LogP) is 6.48. The van der Waals surface area contributed by atoms with Gasteiger partial charge in [-0.05, 0) is 81.6 Å². The number of pyridine rings is 1. The maximum absolute atomic E-state index is 6.28. The van der Waals surface area contributed by atoms with Crippen LogP contribution in [0.3, 0.4) is 0 Å². The van der Waals surface area contributed by atoms with Gasteiger partial charge in [0.05, 0.1) is 6.61 Å². The van der Waals surface area contributed by atoms with Crippen molar-refractivity contribution in [2.75, 3.05) is 27.1 Å². The summed E-state index contributed by atoms with van der Waals surface area (Å²) in [4.78, 5) is 5.06. The monoisotopic (exact) mass is 465 g/mol. The molecule has 1 aromatic rings. The van der Waals surface area contributed by atoms with Crippen LogP contribution in [0.2, 0.25) is 0 Å². The van der Waals surface area contributed by atoms with Gasteiger partial charge < -0.3 is 18.9 Å². The zero-order chi connectivity index (χ0) is 23.9. The first-order valence-corrected chi connectivity index (χ1v) is 12.6. The van der Waals surface area contributed by atoms with Crippen molar-refractivity contribution in [2.45, 2.75) is 59.0 Å². The maximum Gasteiger partial charge on any atom is 0.188 e. The first-order chi connectivity index (χ1) is 16.6. The van der Waals surface area contributed by atoms with Gasteiger partial charge in [0.25, 0.3) is 0 Å². The first kappa shape index (κ1) is 24.7. The van der Waals surface area contributed by atoms with E-state index in [1.807, 2.05) is 6.07 Å². The molecule has 0 aromatic carbocycles. The molecule has 1 aliphatic heterocycles. The first-order valence-electron chi connectivity index (χ1n) is 12.6. The van der Waals surface area contributed by atoms with Gasteiger partial charge in [-0.2, -0.15) is 0 Å².